The fourth-order valence-corrected chi connectivity index (χ4v) is 2.24. The summed E-state index contributed by atoms with van der Waals surface area (Å²) in [5, 5.41) is 11.6. The average Bonchev–Trinajstić information content (AvgIpc) is 2.83. The Labute approximate surface area is 99.2 Å². The number of anilines is 1. The van der Waals surface area contributed by atoms with Crippen molar-refractivity contribution in [2.45, 2.75) is 30.7 Å². The molecule has 5 heteroatoms. The van der Waals surface area contributed by atoms with Crippen LogP contribution in [0.1, 0.15) is 25.7 Å². The van der Waals surface area contributed by atoms with Gasteiger partial charge in [0.15, 0.2) is 5.82 Å². The van der Waals surface area contributed by atoms with E-state index in [0.29, 0.717) is 5.82 Å². The second kappa shape index (κ2) is 5.30. The molecule has 1 fully saturated rings. The molecule has 86 valence electrons. The Morgan fingerprint density at radius 2 is 2.12 bits per heavy atom. The molecule has 1 aromatic rings. The monoisotopic (exact) mass is 237 g/mol. The van der Waals surface area contributed by atoms with Crippen LogP contribution >= 0.6 is 11.8 Å². The standard InChI is InChI=1S/C11H15N3OS/c1-16-10-7-6-9(13-14-10)12-11(15)8-4-2-3-5-8/h6-8H,2-5H2,1H3,(H,12,13,15). The number of nitrogens with one attached hydrogen (secondary N) is 1. The molecule has 1 aliphatic rings. The van der Waals surface area contributed by atoms with Gasteiger partial charge in [-0.05, 0) is 31.2 Å². The molecule has 1 heterocycles. The molecule has 2 rings (SSSR count). The van der Waals surface area contributed by atoms with Gasteiger partial charge in [-0.3, -0.25) is 4.79 Å². The van der Waals surface area contributed by atoms with E-state index in [1.54, 1.807) is 6.07 Å². The number of aromatic nitrogens is 2. The van der Waals surface area contributed by atoms with Crippen LogP contribution in [0.15, 0.2) is 17.2 Å². The third-order valence-electron chi connectivity index (χ3n) is 2.83. The van der Waals surface area contributed by atoms with Crippen molar-refractivity contribution in [1.29, 1.82) is 0 Å². The average molecular weight is 237 g/mol. The molecule has 0 unspecified atom stereocenters. The van der Waals surface area contributed by atoms with Crippen LogP contribution in [0, 0.1) is 5.92 Å². The van der Waals surface area contributed by atoms with E-state index in [4.69, 9.17) is 0 Å². The maximum absolute atomic E-state index is 11.8. The molecule has 0 bridgehead atoms. The SMILES string of the molecule is CSc1ccc(NC(=O)C2CCCC2)nn1. The minimum Gasteiger partial charge on any atom is -0.309 e. The Morgan fingerprint density at radius 3 is 2.69 bits per heavy atom. The first-order valence-electron chi connectivity index (χ1n) is 5.48. The van der Waals surface area contributed by atoms with Crippen LogP contribution in [0.5, 0.6) is 0 Å². The summed E-state index contributed by atoms with van der Waals surface area (Å²) in [6, 6.07) is 3.66. The fraction of sp³-hybridized carbons (Fsp3) is 0.545. The molecule has 1 aromatic heterocycles. The van der Waals surface area contributed by atoms with E-state index in [1.165, 1.54) is 11.8 Å². The zero-order valence-corrected chi connectivity index (χ0v) is 10.1. The van der Waals surface area contributed by atoms with Gasteiger partial charge in [-0.2, -0.15) is 0 Å². The second-order valence-electron chi connectivity index (χ2n) is 3.93. The summed E-state index contributed by atoms with van der Waals surface area (Å²) in [7, 11) is 0. The molecule has 0 spiro atoms. The van der Waals surface area contributed by atoms with Crippen molar-refractivity contribution in [2.75, 3.05) is 11.6 Å². The highest BCUT2D eigenvalue weighted by molar-refractivity contribution is 7.98. The molecular formula is C11H15N3OS. The molecule has 0 saturated heterocycles. The van der Waals surface area contributed by atoms with Gasteiger partial charge < -0.3 is 5.32 Å². The van der Waals surface area contributed by atoms with Gasteiger partial charge in [0, 0.05) is 5.92 Å². The molecule has 0 radical (unpaired) electrons. The third-order valence-corrected chi connectivity index (χ3v) is 3.46. The van der Waals surface area contributed by atoms with E-state index in [9.17, 15) is 4.79 Å². The molecule has 0 atom stereocenters. The van der Waals surface area contributed by atoms with Crippen LogP contribution in [-0.2, 0) is 4.79 Å². The molecular weight excluding hydrogens is 222 g/mol. The van der Waals surface area contributed by atoms with Gasteiger partial charge >= 0.3 is 0 Å². The van der Waals surface area contributed by atoms with Crippen LogP contribution in [0.4, 0.5) is 5.82 Å². The van der Waals surface area contributed by atoms with Gasteiger partial charge in [0.1, 0.15) is 5.03 Å². The second-order valence-corrected chi connectivity index (χ2v) is 4.76. The van der Waals surface area contributed by atoms with Crippen LogP contribution in [0.2, 0.25) is 0 Å². The number of hydrogen-bond donors (Lipinski definition) is 1. The number of thioether (sulfide) groups is 1. The first kappa shape index (κ1) is 11.4. The first-order chi connectivity index (χ1) is 7.79. The van der Waals surface area contributed by atoms with Crippen LogP contribution in [-0.4, -0.2) is 22.4 Å². The van der Waals surface area contributed by atoms with Gasteiger partial charge in [-0.25, -0.2) is 0 Å². The summed E-state index contributed by atoms with van der Waals surface area (Å²) in [5.74, 6) is 0.806. The highest BCUT2D eigenvalue weighted by atomic mass is 32.2. The number of carbonyl (C=O) groups is 1. The van der Waals surface area contributed by atoms with E-state index in [1.807, 2.05) is 12.3 Å². The van der Waals surface area contributed by atoms with Gasteiger partial charge in [0.2, 0.25) is 5.91 Å². The topological polar surface area (TPSA) is 54.9 Å². The largest absolute Gasteiger partial charge is 0.309 e. The quantitative estimate of drug-likeness (QED) is 0.820. The molecule has 16 heavy (non-hydrogen) atoms. The zero-order chi connectivity index (χ0) is 11.4. The van der Waals surface area contributed by atoms with E-state index in [0.717, 1.165) is 30.7 Å². The molecule has 1 amide bonds. The number of amides is 1. The summed E-state index contributed by atoms with van der Waals surface area (Å²) in [6.45, 7) is 0. The Kier molecular flexibility index (Phi) is 3.77. The maximum atomic E-state index is 11.8. The number of nitrogens with zero attached hydrogens (tertiary/aromatic N) is 2. The molecule has 1 saturated carbocycles. The Hall–Kier alpha value is -1.10. The summed E-state index contributed by atoms with van der Waals surface area (Å²) >= 11 is 1.54. The molecule has 4 nitrogen and oxygen atoms in total. The molecule has 0 aromatic carbocycles. The van der Waals surface area contributed by atoms with Gasteiger partial charge in [-0.15, -0.1) is 22.0 Å². The highest BCUT2D eigenvalue weighted by Crippen LogP contribution is 2.25. The lowest BCUT2D eigenvalue weighted by Crippen LogP contribution is -2.21. The lowest BCUT2D eigenvalue weighted by Gasteiger charge is -2.08. The smallest absolute Gasteiger partial charge is 0.228 e. The Morgan fingerprint density at radius 1 is 1.38 bits per heavy atom. The minimum atomic E-state index is 0.0868. The minimum absolute atomic E-state index is 0.0868. The lowest BCUT2D eigenvalue weighted by atomic mass is 10.1. The van der Waals surface area contributed by atoms with Crippen molar-refractivity contribution < 1.29 is 4.79 Å². The van der Waals surface area contributed by atoms with Gasteiger partial charge in [-0.1, -0.05) is 12.8 Å². The summed E-state index contributed by atoms with van der Waals surface area (Å²) in [5.41, 5.74) is 0. The molecule has 1 aliphatic carbocycles. The molecule has 0 aliphatic heterocycles. The Bertz CT molecular complexity index is 360. The van der Waals surface area contributed by atoms with Gasteiger partial charge in [0.25, 0.3) is 0 Å². The van der Waals surface area contributed by atoms with Crippen molar-refractivity contribution in [3.63, 3.8) is 0 Å². The first-order valence-corrected chi connectivity index (χ1v) is 6.70. The van der Waals surface area contributed by atoms with Gasteiger partial charge in [0.05, 0.1) is 0 Å². The van der Waals surface area contributed by atoms with Crippen molar-refractivity contribution in [1.82, 2.24) is 10.2 Å². The third kappa shape index (κ3) is 2.72. The van der Waals surface area contributed by atoms with Crippen molar-refractivity contribution in [2.24, 2.45) is 5.92 Å². The number of rotatable bonds is 3. The van der Waals surface area contributed by atoms with E-state index in [2.05, 4.69) is 15.5 Å². The van der Waals surface area contributed by atoms with E-state index < -0.39 is 0 Å². The van der Waals surface area contributed by atoms with Crippen LogP contribution < -0.4 is 5.32 Å². The van der Waals surface area contributed by atoms with Crippen LogP contribution in [0.25, 0.3) is 0 Å². The van der Waals surface area contributed by atoms with Crippen molar-refractivity contribution in [3.8, 4) is 0 Å². The highest BCUT2D eigenvalue weighted by Gasteiger charge is 2.22. The predicted molar refractivity (Wildman–Crippen MR) is 64.4 cm³/mol. The predicted octanol–water partition coefficient (Wildman–Crippen LogP) is 2.33. The molecule has 1 N–H and O–H groups in total. The maximum Gasteiger partial charge on any atom is 0.228 e. The lowest BCUT2D eigenvalue weighted by molar-refractivity contribution is -0.119. The summed E-state index contributed by atoms with van der Waals surface area (Å²) < 4.78 is 0. The zero-order valence-electron chi connectivity index (χ0n) is 9.27. The Balaban J connectivity index is 1.94. The normalized spacial score (nSPS) is 16.3. The van der Waals surface area contributed by atoms with E-state index in [-0.39, 0.29) is 11.8 Å². The summed E-state index contributed by atoms with van der Waals surface area (Å²) in [4.78, 5) is 11.8. The van der Waals surface area contributed by atoms with Crippen molar-refractivity contribution >= 4 is 23.5 Å². The van der Waals surface area contributed by atoms with Crippen molar-refractivity contribution in [3.05, 3.63) is 12.1 Å². The number of hydrogen-bond acceptors (Lipinski definition) is 4. The summed E-state index contributed by atoms with van der Waals surface area (Å²) in [6.07, 6.45) is 6.27. The van der Waals surface area contributed by atoms with Crippen LogP contribution in [0.3, 0.4) is 0 Å². The van der Waals surface area contributed by atoms with E-state index >= 15 is 0 Å². The fourth-order valence-electron chi connectivity index (χ4n) is 1.91. The number of carbonyl (C=O) groups excluding carboxylic acids is 1.